The molecule has 0 atom stereocenters. The number of nitrogens with zero attached hydrogens (tertiary/aromatic N) is 2. The molecule has 1 amide bonds. The number of aromatic nitrogens is 1. The first-order chi connectivity index (χ1) is 13.0. The summed E-state index contributed by atoms with van der Waals surface area (Å²) < 4.78 is 1.99. The Balaban J connectivity index is 2.28. The first-order valence-corrected chi connectivity index (χ1v) is 9.82. The van der Waals surface area contributed by atoms with Gasteiger partial charge in [-0.1, -0.05) is 55.2 Å². The van der Waals surface area contributed by atoms with Crippen molar-refractivity contribution in [3.05, 3.63) is 58.2 Å². The summed E-state index contributed by atoms with van der Waals surface area (Å²) in [5.41, 5.74) is 8.74. The van der Waals surface area contributed by atoms with Gasteiger partial charge in [-0.3, -0.25) is 4.79 Å². The molecular formula is C21H23Cl2N3O. The molecule has 0 spiro atoms. The predicted octanol–water partition coefficient (Wildman–Crippen LogP) is 5.06. The molecule has 2 aromatic carbocycles. The van der Waals surface area contributed by atoms with E-state index in [2.05, 4.69) is 18.7 Å². The Hall–Kier alpha value is -2.01. The molecule has 2 N–H and O–H groups in total. The van der Waals surface area contributed by atoms with E-state index in [1.807, 2.05) is 47.0 Å². The van der Waals surface area contributed by atoms with Gasteiger partial charge in [0.05, 0.1) is 0 Å². The quantitative estimate of drug-likeness (QED) is 0.599. The zero-order valence-electron chi connectivity index (χ0n) is 15.5. The minimum atomic E-state index is -0.475. The van der Waals surface area contributed by atoms with Crippen molar-refractivity contribution in [2.75, 3.05) is 19.6 Å². The molecule has 0 unspecified atom stereocenters. The molecule has 0 aliphatic heterocycles. The maximum Gasteiger partial charge on any atom is 0.266 e. The summed E-state index contributed by atoms with van der Waals surface area (Å²) in [5.74, 6) is -0.475. The van der Waals surface area contributed by atoms with E-state index in [4.69, 9.17) is 28.9 Å². The van der Waals surface area contributed by atoms with Crippen LogP contribution in [0.3, 0.4) is 0 Å². The number of benzene rings is 2. The summed E-state index contributed by atoms with van der Waals surface area (Å²) in [6.07, 6.45) is 0. The first-order valence-electron chi connectivity index (χ1n) is 9.06. The number of carbonyl (C=O) groups excluding carboxylic acids is 1. The van der Waals surface area contributed by atoms with E-state index in [0.29, 0.717) is 22.3 Å². The van der Waals surface area contributed by atoms with E-state index in [-0.39, 0.29) is 0 Å². The molecule has 6 heteroatoms. The van der Waals surface area contributed by atoms with Crippen LogP contribution in [0.4, 0.5) is 0 Å². The second kappa shape index (κ2) is 8.34. The van der Waals surface area contributed by atoms with Crippen molar-refractivity contribution in [1.82, 2.24) is 9.47 Å². The number of likely N-dealkylation sites (N-methyl/N-ethyl adjacent to an activating group) is 1. The Labute approximate surface area is 169 Å². The van der Waals surface area contributed by atoms with Crippen LogP contribution in [0.15, 0.2) is 42.5 Å². The smallest absolute Gasteiger partial charge is 0.266 e. The van der Waals surface area contributed by atoms with Gasteiger partial charge in [0, 0.05) is 45.2 Å². The van der Waals surface area contributed by atoms with E-state index in [1.54, 1.807) is 0 Å². The van der Waals surface area contributed by atoms with Gasteiger partial charge in [0.15, 0.2) is 0 Å². The molecule has 0 saturated heterocycles. The van der Waals surface area contributed by atoms with Gasteiger partial charge in [-0.25, -0.2) is 0 Å². The first kappa shape index (κ1) is 19.7. The van der Waals surface area contributed by atoms with Crippen LogP contribution in [0, 0.1) is 0 Å². The van der Waals surface area contributed by atoms with E-state index in [9.17, 15) is 4.79 Å². The Morgan fingerprint density at radius 1 is 1.11 bits per heavy atom. The maximum absolute atomic E-state index is 12.5. The van der Waals surface area contributed by atoms with Gasteiger partial charge < -0.3 is 15.2 Å². The molecule has 3 aromatic rings. The highest BCUT2D eigenvalue weighted by atomic mass is 35.5. The zero-order valence-corrected chi connectivity index (χ0v) is 17.0. The molecule has 0 aliphatic carbocycles. The van der Waals surface area contributed by atoms with Crippen molar-refractivity contribution in [3.8, 4) is 11.1 Å². The zero-order chi connectivity index (χ0) is 19.6. The highest BCUT2D eigenvalue weighted by molar-refractivity contribution is 6.34. The van der Waals surface area contributed by atoms with E-state index in [0.717, 1.165) is 41.7 Å². The van der Waals surface area contributed by atoms with Crippen molar-refractivity contribution >= 4 is 40.0 Å². The molecular weight excluding hydrogens is 381 g/mol. The summed E-state index contributed by atoms with van der Waals surface area (Å²) in [5, 5.41) is 2.06. The Bertz CT molecular complexity index is 977. The highest BCUT2D eigenvalue weighted by Crippen LogP contribution is 2.39. The lowest BCUT2D eigenvalue weighted by Crippen LogP contribution is -2.28. The summed E-state index contributed by atoms with van der Waals surface area (Å²) in [6.45, 7) is 7.63. The minimum Gasteiger partial charge on any atom is -0.364 e. The molecule has 0 radical (unpaired) electrons. The number of rotatable bonds is 7. The van der Waals surface area contributed by atoms with Gasteiger partial charge >= 0.3 is 0 Å². The van der Waals surface area contributed by atoms with E-state index >= 15 is 0 Å². The van der Waals surface area contributed by atoms with Crippen LogP contribution >= 0.6 is 23.2 Å². The lowest BCUT2D eigenvalue weighted by molar-refractivity contribution is 0.0992. The van der Waals surface area contributed by atoms with E-state index < -0.39 is 5.91 Å². The van der Waals surface area contributed by atoms with Crippen LogP contribution < -0.4 is 5.73 Å². The van der Waals surface area contributed by atoms with Crippen molar-refractivity contribution in [2.45, 2.75) is 20.4 Å². The van der Waals surface area contributed by atoms with Crippen molar-refractivity contribution in [3.63, 3.8) is 0 Å². The number of nitrogens with two attached hydrogens (primary N) is 1. The second-order valence-electron chi connectivity index (χ2n) is 6.41. The SMILES string of the molecule is CCN(CC)CCn1c(C(N)=O)c(-c2ccccc2Cl)c2cc(Cl)ccc21. The highest BCUT2D eigenvalue weighted by Gasteiger charge is 2.24. The summed E-state index contributed by atoms with van der Waals surface area (Å²) in [7, 11) is 0. The Morgan fingerprint density at radius 2 is 1.81 bits per heavy atom. The third-order valence-electron chi connectivity index (χ3n) is 4.94. The third-order valence-corrected chi connectivity index (χ3v) is 5.50. The molecule has 1 aromatic heterocycles. The molecule has 27 heavy (non-hydrogen) atoms. The van der Waals surface area contributed by atoms with Crippen molar-refractivity contribution in [2.24, 2.45) is 5.73 Å². The van der Waals surface area contributed by atoms with Gasteiger partial charge in [0.2, 0.25) is 0 Å². The average Bonchev–Trinajstić information content (AvgIpc) is 2.96. The maximum atomic E-state index is 12.5. The minimum absolute atomic E-state index is 0.465. The molecule has 3 rings (SSSR count). The fraction of sp³-hybridized carbons (Fsp3) is 0.286. The second-order valence-corrected chi connectivity index (χ2v) is 7.25. The van der Waals surface area contributed by atoms with Crippen LogP contribution in [0.1, 0.15) is 24.3 Å². The van der Waals surface area contributed by atoms with Crippen LogP contribution in [-0.4, -0.2) is 35.0 Å². The topological polar surface area (TPSA) is 51.3 Å². The van der Waals surface area contributed by atoms with Crippen LogP contribution in [0.5, 0.6) is 0 Å². The standard InChI is InChI=1S/C21H23Cl2N3O/c1-3-25(4-2)11-12-26-18-10-9-14(22)13-16(18)19(20(26)21(24)27)15-7-5-6-8-17(15)23/h5-10,13H,3-4,11-12H2,1-2H3,(H2,24,27). The number of primary amides is 1. The lowest BCUT2D eigenvalue weighted by Gasteiger charge is -2.19. The largest absolute Gasteiger partial charge is 0.364 e. The Kier molecular flexibility index (Phi) is 6.10. The molecule has 0 fully saturated rings. The fourth-order valence-electron chi connectivity index (χ4n) is 3.53. The predicted molar refractivity (Wildman–Crippen MR) is 114 cm³/mol. The molecule has 4 nitrogen and oxygen atoms in total. The van der Waals surface area contributed by atoms with Gasteiger partial charge in [-0.15, -0.1) is 0 Å². The molecule has 142 valence electrons. The van der Waals surface area contributed by atoms with E-state index in [1.165, 1.54) is 0 Å². The summed E-state index contributed by atoms with van der Waals surface area (Å²) in [4.78, 5) is 14.8. The third kappa shape index (κ3) is 3.84. The molecule has 0 aliphatic rings. The number of hydrogen-bond acceptors (Lipinski definition) is 2. The van der Waals surface area contributed by atoms with Crippen molar-refractivity contribution in [1.29, 1.82) is 0 Å². The fourth-order valence-corrected chi connectivity index (χ4v) is 3.94. The van der Waals surface area contributed by atoms with Crippen molar-refractivity contribution < 1.29 is 4.79 Å². The normalized spacial score (nSPS) is 11.4. The molecule has 0 bridgehead atoms. The average molecular weight is 404 g/mol. The summed E-state index contributed by atoms with van der Waals surface area (Å²) in [6, 6.07) is 13.1. The monoisotopic (exact) mass is 403 g/mol. The lowest BCUT2D eigenvalue weighted by atomic mass is 10.0. The molecule has 0 saturated carbocycles. The summed E-state index contributed by atoms with van der Waals surface area (Å²) >= 11 is 12.7. The van der Waals surface area contributed by atoms with Gasteiger partial charge in [-0.2, -0.15) is 0 Å². The van der Waals surface area contributed by atoms with Gasteiger partial charge in [0.25, 0.3) is 5.91 Å². The van der Waals surface area contributed by atoms with Gasteiger partial charge in [-0.05, 0) is 37.4 Å². The van der Waals surface area contributed by atoms with Gasteiger partial charge in [0.1, 0.15) is 5.69 Å². The number of carbonyl (C=O) groups is 1. The molecule has 1 heterocycles. The number of halogens is 2. The van der Waals surface area contributed by atoms with Crippen LogP contribution in [0.25, 0.3) is 22.0 Å². The Morgan fingerprint density at radius 3 is 2.44 bits per heavy atom. The van der Waals surface area contributed by atoms with Crippen LogP contribution in [0.2, 0.25) is 10.0 Å². The number of hydrogen-bond donors (Lipinski definition) is 1. The number of amides is 1. The number of fused-ring (bicyclic) bond motifs is 1. The van der Waals surface area contributed by atoms with Crippen LogP contribution in [-0.2, 0) is 6.54 Å².